The van der Waals surface area contributed by atoms with Crippen LogP contribution in [0, 0.1) is 0 Å². The molecule has 0 aliphatic carbocycles. The van der Waals surface area contributed by atoms with Crippen molar-refractivity contribution in [2.75, 3.05) is 0 Å². The van der Waals surface area contributed by atoms with E-state index in [0.29, 0.717) is 0 Å². The molecule has 0 saturated heterocycles. The van der Waals surface area contributed by atoms with E-state index in [-0.39, 0.29) is 0 Å². The van der Waals surface area contributed by atoms with Crippen LogP contribution in [0.25, 0.3) is 0 Å². The van der Waals surface area contributed by atoms with Crippen LogP contribution in [0.4, 0.5) is 0 Å². The molecule has 0 saturated carbocycles. The van der Waals surface area contributed by atoms with Crippen LogP contribution in [0.3, 0.4) is 0 Å². The zero-order valence-electron chi connectivity index (χ0n) is 5.11. The zero-order valence-corrected chi connectivity index (χ0v) is 6.27. The third-order valence-corrected chi connectivity index (χ3v) is 1.47. The summed E-state index contributed by atoms with van der Waals surface area (Å²) < 4.78 is 0. The molecule has 0 bridgehead atoms. The first kappa shape index (κ1) is 7.53. The molecule has 0 aliphatic heterocycles. The van der Waals surface area contributed by atoms with Gasteiger partial charge in [0.1, 0.15) is 0 Å². The monoisotopic (exact) mass is 112 g/mol. The van der Waals surface area contributed by atoms with Gasteiger partial charge in [0.15, 0.2) is 0 Å². The summed E-state index contributed by atoms with van der Waals surface area (Å²) in [6, 6.07) is 0. The molecular formula is C6H13Al+2. The van der Waals surface area contributed by atoms with Gasteiger partial charge in [0, 0.05) is 0 Å². The van der Waals surface area contributed by atoms with Gasteiger partial charge in [-0.15, -0.1) is 0 Å². The molecule has 0 N–H and O–H groups in total. The molecule has 0 spiro atoms. The Hall–Kier alpha value is 0.532. The number of rotatable bonds is 4. The summed E-state index contributed by atoms with van der Waals surface area (Å²) in [4.78, 5) is 0. The molecule has 0 aromatic heterocycles. The normalized spacial score (nSPS) is 9.57. The summed E-state index contributed by atoms with van der Waals surface area (Å²) in [5, 5.41) is 1.28. The summed E-state index contributed by atoms with van der Waals surface area (Å²) in [6.45, 7) is 2.24. The van der Waals surface area contributed by atoms with Gasteiger partial charge in [-0.2, -0.15) is 0 Å². The Kier molecular flexibility index (Phi) is 7.03. The SMILES string of the molecule is CCCCC[CH2][Al+2]. The Morgan fingerprint density at radius 3 is 2.29 bits per heavy atom. The second-order valence-electron chi connectivity index (χ2n) is 1.85. The fourth-order valence-corrected chi connectivity index (χ4v) is 0.860. The maximum absolute atomic E-state index is 2.75. The Balaban J connectivity index is 2.45. The van der Waals surface area contributed by atoms with Crippen molar-refractivity contribution in [2.45, 2.75) is 37.9 Å². The van der Waals surface area contributed by atoms with Crippen molar-refractivity contribution in [2.24, 2.45) is 0 Å². The molecule has 0 aromatic rings. The first-order valence-corrected chi connectivity index (χ1v) is 3.93. The Morgan fingerprint density at radius 2 is 1.86 bits per heavy atom. The van der Waals surface area contributed by atoms with E-state index in [0.717, 1.165) is 0 Å². The summed E-state index contributed by atoms with van der Waals surface area (Å²) >= 11 is 2.75. The van der Waals surface area contributed by atoms with Crippen LogP contribution in [0.5, 0.6) is 0 Å². The minimum atomic E-state index is 1.28. The molecule has 0 radical (unpaired) electrons. The van der Waals surface area contributed by atoms with Crippen molar-refractivity contribution < 1.29 is 0 Å². The standard InChI is InChI=1S/C6H13.Al/c1-3-5-6-4-2;/h1,3-6H2,2H3;/q;+2. The van der Waals surface area contributed by atoms with Gasteiger partial charge in [-0.1, -0.05) is 0 Å². The molecule has 1 heteroatoms. The second kappa shape index (κ2) is 6.53. The number of hydrogen-bond acceptors (Lipinski definition) is 0. The van der Waals surface area contributed by atoms with E-state index in [2.05, 4.69) is 23.2 Å². The fourth-order valence-electron chi connectivity index (χ4n) is 0.571. The molecule has 0 nitrogen and oxygen atoms in total. The van der Waals surface area contributed by atoms with Gasteiger partial charge >= 0.3 is 54.2 Å². The molecule has 0 fully saturated rings. The number of unbranched alkanes of at least 4 members (excludes halogenated alkanes) is 3. The van der Waals surface area contributed by atoms with E-state index in [1.54, 1.807) is 0 Å². The van der Waals surface area contributed by atoms with Crippen molar-refractivity contribution in [3.8, 4) is 0 Å². The Labute approximate surface area is 54.7 Å². The van der Waals surface area contributed by atoms with Gasteiger partial charge in [-0.25, -0.2) is 0 Å². The van der Waals surface area contributed by atoms with Crippen molar-refractivity contribution >= 4 is 16.3 Å². The van der Waals surface area contributed by atoms with Crippen LogP contribution in [0.15, 0.2) is 0 Å². The van der Waals surface area contributed by atoms with Gasteiger partial charge in [0.25, 0.3) is 0 Å². The third-order valence-electron chi connectivity index (χ3n) is 1.06. The van der Waals surface area contributed by atoms with Crippen molar-refractivity contribution in [3.63, 3.8) is 0 Å². The molecule has 0 atom stereocenters. The van der Waals surface area contributed by atoms with Crippen LogP contribution in [0.2, 0.25) is 5.28 Å². The number of hydrogen-bond donors (Lipinski definition) is 0. The predicted molar refractivity (Wildman–Crippen MR) is 34.7 cm³/mol. The molecular weight excluding hydrogens is 99.0 g/mol. The van der Waals surface area contributed by atoms with E-state index in [4.69, 9.17) is 0 Å². The molecule has 7 heavy (non-hydrogen) atoms. The first-order valence-electron chi connectivity index (χ1n) is 3.12. The molecule has 38 valence electrons. The van der Waals surface area contributed by atoms with Gasteiger partial charge in [-0.05, 0) is 0 Å². The van der Waals surface area contributed by atoms with Gasteiger partial charge in [0.05, 0.1) is 0 Å². The summed E-state index contributed by atoms with van der Waals surface area (Å²) in [5.74, 6) is 0. The van der Waals surface area contributed by atoms with Gasteiger partial charge in [0.2, 0.25) is 0 Å². The van der Waals surface area contributed by atoms with Crippen LogP contribution in [-0.2, 0) is 0 Å². The molecule has 0 aliphatic rings. The van der Waals surface area contributed by atoms with E-state index in [1.807, 2.05) is 0 Å². The van der Waals surface area contributed by atoms with E-state index >= 15 is 0 Å². The first-order chi connectivity index (χ1) is 3.41. The average molecular weight is 112 g/mol. The maximum atomic E-state index is 2.75. The van der Waals surface area contributed by atoms with Crippen LogP contribution in [0.1, 0.15) is 32.6 Å². The molecule has 0 heterocycles. The second-order valence-corrected chi connectivity index (χ2v) is 2.43. The van der Waals surface area contributed by atoms with E-state index in [1.165, 1.54) is 31.0 Å². The predicted octanol–water partition coefficient (Wildman–Crippen LogP) is 2.15. The van der Waals surface area contributed by atoms with E-state index < -0.39 is 0 Å². The average Bonchev–Trinajstić information content (AvgIpc) is 1.69. The van der Waals surface area contributed by atoms with Crippen molar-refractivity contribution in [3.05, 3.63) is 0 Å². The molecule has 0 unspecified atom stereocenters. The quantitative estimate of drug-likeness (QED) is 0.386. The Bertz CT molecular complexity index is 23.4. The topological polar surface area (TPSA) is 0 Å². The fraction of sp³-hybridized carbons (Fsp3) is 1.00. The minimum absolute atomic E-state index is 1.28. The van der Waals surface area contributed by atoms with Gasteiger partial charge < -0.3 is 0 Å². The van der Waals surface area contributed by atoms with E-state index in [9.17, 15) is 0 Å². The van der Waals surface area contributed by atoms with Crippen molar-refractivity contribution in [1.29, 1.82) is 0 Å². The summed E-state index contributed by atoms with van der Waals surface area (Å²) in [7, 11) is 0. The third kappa shape index (κ3) is 6.53. The van der Waals surface area contributed by atoms with Gasteiger partial charge in [-0.3, -0.25) is 0 Å². The van der Waals surface area contributed by atoms with Crippen molar-refractivity contribution in [1.82, 2.24) is 0 Å². The molecule has 0 amide bonds. The molecule has 0 aromatic carbocycles. The zero-order chi connectivity index (χ0) is 5.54. The van der Waals surface area contributed by atoms with Crippen LogP contribution in [-0.4, -0.2) is 16.3 Å². The summed E-state index contributed by atoms with van der Waals surface area (Å²) in [5.41, 5.74) is 0. The van der Waals surface area contributed by atoms with Crippen LogP contribution >= 0.6 is 0 Å². The van der Waals surface area contributed by atoms with Crippen LogP contribution < -0.4 is 0 Å². The molecule has 0 rings (SSSR count). The summed E-state index contributed by atoms with van der Waals surface area (Å²) in [6.07, 6.45) is 5.57. The Morgan fingerprint density at radius 1 is 1.14 bits per heavy atom.